The zero-order valence-electron chi connectivity index (χ0n) is 12.1. The maximum Gasteiger partial charge on any atom is 0.573 e. The van der Waals surface area contributed by atoms with E-state index in [1.165, 1.54) is 12.1 Å². The minimum atomic E-state index is -4.76. The molecule has 0 aliphatic heterocycles. The number of rotatable bonds is 4. The van der Waals surface area contributed by atoms with E-state index in [0.29, 0.717) is 17.7 Å². The number of ether oxygens (including phenoxy) is 1. The average molecular weight is 326 g/mol. The Balaban J connectivity index is 1.69. The summed E-state index contributed by atoms with van der Waals surface area (Å²) in [6.07, 6.45) is -4.30. The lowest BCUT2D eigenvalue weighted by molar-refractivity contribution is -0.274. The summed E-state index contributed by atoms with van der Waals surface area (Å²) in [6, 6.07) is 7.43. The van der Waals surface area contributed by atoms with E-state index in [-0.39, 0.29) is 23.4 Å². The Bertz CT molecular complexity index is 727. The Kier molecular flexibility index (Phi) is 3.75. The summed E-state index contributed by atoms with van der Waals surface area (Å²) in [6.45, 7) is 1.69. The predicted molar refractivity (Wildman–Crippen MR) is 73.8 cm³/mol. The minimum absolute atomic E-state index is 0.266. The van der Waals surface area contributed by atoms with Gasteiger partial charge in [-0.2, -0.15) is 0 Å². The SMILES string of the molecule is Cc1cc(NC(=O)[C@@H]2C[C@H]2c2ccccc2OC(F)(F)F)no1. The molecule has 0 saturated heterocycles. The first kappa shape index (κ1) is 15.4. The zero-order chi connectivity index (χ0) is 16.6. The van der Waals surface area contributed by atoms with Gasteiger partial charge in [0, 0.05) is 12.0 Å². The molecule has 5 nitrogen and oxygen atoms in total. The van der Waals surface area contributed by atoms with Gasteiger partial charge in [-0.1, -0.05) is 23.4 Å². The lowest BCUT2D eigenvalue weighted by Crippen LogP contribution is -2.18. The Labute approximate surface area is 129 Å². The minimum Gasteiger partial charge on any atom is -0.405 e. The van der Waals surface area contributed by atoms with Crippen LogP contribution >= 0.6 is 0 Å². The van der Waals surface area contributed by atoms with Gasteiger partial charge < -0.3 is 14.6 Å². The number of carbonyl (C=O) groups excluding carboxylic acids is 1. The molecule has 122 valence electrons. The number of aromatic nitrogens is 1. The molecular weight excluding hydrogens is 313 g/mol. The van der Waals surface area contributed by atoms with Crippen LogP contribution in [0.15, 0.2) is 34.9 Å². The first-order chi connectivity index (χ1) is 10.8. The van der Waals surface area contributed by atoms with E-state index >= 15 is 0 Å². The highest BCUT2D eigenvalue weighted by Crippen LogP contribution is 2.51. The van der Waals surface area contributed by atoms with Crippen molar-refractivity contribution in [2.75, 3.05) is 5.32 Å². The van der Waals surface area contributed by atoms with Crippen molar-refractivity contribution < 1.29 is 27.2 Å². The highest BCUT2D eigenvalue weighted by molar-refractivity contribution is 5.94. The van der Waals surface area contributed by atoms with Gasteiger partial charge in [-0.3, -0.25) is 4.79 Å². The number of halogens is 3. The molecule has 1 heterocycles. The van der Waals surface area contributed by atoms with Crippen molar-refractivity contribution >= 4 is 11.7 Å². The molecule has 3 rings (SSSR count). The topological polar surface area (TPSA) is 64.4 Å². The summed E-state index contributed by atoms with van der Waals surface area (Å²) in [5.41, 5.74) is 0.376. The number of para-hydroxylation sites is 1. The highest BCUT2D eigenvalue weighted by Gasteiger charge is 2.46. The Morgan fingerprint density at radius 3 is 2.78 bits per heavy atom. The first-order valence-corrected chi connectivity index (χ1v) is 6.92. The number of aryl methyl sites for hydroxylation is 1. The number of nitrogens with zero attached hydrogens (tertiary/aromatic N) is 1. The average Bonchev–Trinajstić information content (AvgIpc) is 3.15. The predicted octanol–water partition coefficient (Wildman–Crippen LogP) is 3.62. The van der Waals surface area contributed by atoms with Crippen LogP contribution in [0.4, 0.5) is 19.0 Å². The molecule has 1 N–H and O–H groups in total. The molecule has 0 bridgehead atoms. The van der Waals surface area contributed by atoms with Gasteiger partial charge in [-0.25, -0.2) is 0 Å². The van der Waals surface area contributed by atoms with Crippen molar-refractivity contribution in [1.82, 2.24) is 5.16 Å². The molecule has 1 fully saturated rings. The van der Waals surface area contributed by atoms with Gasteiger partial charge in [0.1, 0.15) is 11.5 Å². The van der Waals surface area contributed by atoms with Crippen molar-refractivity contribution in [3.63, 3.8) is 0 Å². The summed E-state index contributed by atoms with van der Waals surface area (Å²) >= 11 is 0. The van der Waals surface area contributed by atoms with E-state index < -0.39 is 12.3 Å². The summed E-state index contributed by atoms with van der Waals surface area (Å²) < 4.78 is 46.2. The van der Waals surface area contributed by atoms with E-state index in [4.69, 9.17) is 4.52 Å². The number of hydrogen-bond donors (Lipinski definition) is 1. The molecule has 8 heteroatoms. The Hall–Kier alpha value is -2.51. The molecule has 0 radical (unpaired) electrons. The number of amides is 1. The summed E-state index contributed by atoms with van der Waals surface area (Å²) in [5.74, 6) is -0.441. The van der Waals surface area contributed by atoms with Crippen LogP contribution in [-0.2, 0) is 4.79 Å². The fraction of sp³-hybridized carbons (Fsp3) is 0.333. The molecule has 1 aliphatic rings. The van der Waals surface area contributed by atoms with Crippen LogP contribution in [-0.4, -0.2) is 17.4 Å². The molecule has 23 heavy (non-hydrogen) atoms. The van der Waals surface area contributed by atoms with Gasteiger partial charge in [0.25, 0.3) is 0 Å². The van der Waals surface area contributed by atoms with Crippen LogP contribution in [0.3, 0.4) is 0 Å². The summed E-state index contributed by atoms with van der Waals surface area (Å²) in [7, 11) is 0. The van der Waals surface area contributed by atoms with Gasteiger partial charge in [0.2, 0.25) is 5.91 Å². The number of alkyl halides is 3. The number of nitrogens with one attached hydrogen (secondary N) is 1. The fourth-order valence-corrected chi connectivity index (χ4v) is 2.48. The van der Waals surface area contributed by atoms with Crippen LogP contribution in [0.25, 0.3) is 0 Å². The lowest BCUT2D eigenvalue weighted by Gasteiger charge is -2.12. The quantitative estimate of drug-likeness (QED) is 0.932. The molecular formula is C15H13F3N2O3. The van der Waals surface area contributed by atoms with Crippen LogP contribution in [0, 0.1) is 12.8 Å². The fourth-order valence-electron chi connectivity index (χ4n) is 2.48. The van der Waals surface area contributed by atoms with Crippen LogP contribution in [0.1, 0.15) is 23.7 Å². The maximum atomic E-state index is 12.4. The van der Waals surface area contributed by atoms with E-state index in [1.807, 2.05) is 0 Å². The molecule has 1 aromatic carbocycles. The van der Waals surface area contributed by atoms with Crippen molar-refractivity contribution in [2.45, 2.75) is 25.6 Å². The van der Waals surface area contributed by atoms with Gasteiger partial charge in [-0.15, -0.1) is 13.2 Å². The largest absolute Gasteiger partial charge is 0.573 e. The first-order valence-electron chi connectivity index (χ1n) is 6.92. The number of hydrogen-bond acceptors (Lipinski definition) is 4. The van der Waals surface area contributed by atoms with Gasteiger partial charge in [0.15, 0.2) is 5.82 Å². The third kappa shape index (κ3) is 3.64. The second-order valence-electron chi connectivity index (χ2n) is 5.35. The number of benzene rings is 1. The van der Waals surface area contributed by atoms with E-state index in [0.717, 1.165) is 0 Å². The van der Waals surface area contributed by atoms with Crippen LogP contribution in [0.2, 0.25) is 0 Å². The van der Waals surface area contributed by atoms with Crippen molar-refractivity contribution in [1.29, 1.82) is 0 Å². The van der Waals surface area contributed by atoms with Crippen molar-refractivity contribution in [2.24, 2.45) is 5.92 Å². The Morgan fingerprint density at radius 2 is 2.13 bits per heavy atom. The molecule has 2 aromatic rings. The maximum absolute atomic E-state index is 12.4. The van der Waals surface area contributed by atoms with Gasteiger partial charge in [0.05, 0.1) is 0 Å². The number of carbonyl (C=O) groups is 1. The second kappa shape index (κ2) is 5.60. The monoisotopic (exact) mass is 326 g/mol. The lowest BCUT2D eigenvalue weighted by atomic mass is 10.1. The Morgan fingerprint density at radius 1 is 1.39 bits per heavy atom. The van der Waals surface area contributed by atoms with Crippen molar-refractivity contribution in [3.05, 3.63) is 41.7 Å². The molecule has 2 atom stereocenters. The third-order valence-electron chi connectivity index (χ3n) is 3.55. The molecule has 0 spiro atoms. The van der Waals surface area contributed by atoms with Crippen LogP contribution in [0.5, 0.6) is 5.75 Å². The molecule has 0 unspecified atom stereocenters. The third-order valence-corrected chi connectivity index (χ3v) is 3.55. The summed E-state index contributed by atoms with van der Waals surface area (Å²) in [5, 5.41) is 6.23. The van der Waals surface area contributed by atoms with E-state index in [2.05, 4.69) is 15.2 Å². The molecule has 1 aromatic heterocycles. The normalized spacial score (nSPS) is 20.2. The number of anilines is 1. The van der Waals surface area contributed by atoms with Gasteiger partial charge in [-0.05, 0) is 30.9 Å². The van der Waals surface area contributed by atoms with E-state index in [1.54, 1.807) is 25.1 Å². The van der Waals surface area contributed by atoms with E-state index in [9.17, 15) is 18.0 Å². The zero-order valence-corrected chi connectivity index (χ0v) is 12.1. The highest BCUT2D eigenvalue weighted by atomic mass is 19.4. The van der Waals surface area contributed by atoms with Gasteiger partial charge >= 0.3 is 6.36 Å². The molecule has 1 amide bonds. The molecule has 1 aliphatic carbocycles. The van der Waals surface area contributed by atoms with Crippen molar-refractivity contribution in [3.8, 4) is 5.75 Å². The molecule has 1 saturated carbocycles. The smallest absolute Gasteiger partial charge is 0.405 e. The summed E-state index contributed by atoms with van der Waals surface area (Å²) in [4.78, 5) is 12.1. The standard InChI is InChI=1S/C15H13F3N2O3/c1-8-6-13(20-23-8)19-14(21)11-7-10(11)9-4-2-3-5-12(9)22-15(16,17)18/h2-6,10-11H,7H2,1H3,(H,19,20,21)/t10-,11+/m0/s1. The second-order valence-corrected chi connectivity index (χ2v) is 5.35. The van der Waals surface area contributed by atoms with Crippen LogP contribution < -0.4 is 10.1 Å².